The zero-order valence-electron chi connectivity index (χ0n) is 13.7. The lowest BCUT2D eigenvalue weighted by molar-refractivity contribution is -0.153. The van der Waals surface area contributed by atoms with Crippen molar-refractivity contribution in [3.63, 3.8) is 0 Å². The Hall–Kier alpha value is -2.84. The molecule has 9 heteroatoms. The molecule has 0 saturated carbocycles. The summed E-state index contributed by atoms with van der Waals surface area (Å²) in [6.45, 7) is -0.190. The van der Waals surface area contributed by atoms with Gasteiger partial charge in [-0.2, -0.15) is 13.2 Å². The fourth-order valence-electron chi connectivity index (χ4n) is 2.69. The van der Waals surface area contributed by atoms with Crippen molar-refractivity contribution < 1.29 is 22.7 Å². The van der Waals surface area contributed by atoms with Crippen LogP contribution < -0.4 is 15.0 Å². The van der Waals surface area contributed by atoms with Crippen LogP contribution in [0.1, 0.15) is 16.8 Å². The number of amides is 1. The van der Waals surface area contributed by atoms with Gasteiger partial charge in [0.25, 0.3) is 5.91 Å². The summed E-state index contributed by atoms with van der Waals surface area (Å²) in [5.74, 6) is 0.441. The summed E-state index contributed by atoms with van der Waals surface area (Å²) in [5, 5.41) is 2.94. The first-order chi connectivity index (χ1) is 12.4. The van der Waals surface area contributed by atoms with Gasteiger partial charge in [0.15, 0.2) is 6.61 Å². The molecule has 0 spiro atoms. The summed E-state index contributed by atoms with van der Waals surface area (Å²) < 4.78 is 41.5. The molecule has 3 rings (SSSR count). The quantitative estimate of drug-likeness (QED) is 0.880. The minimum absolute atomic E-state index is 0.0720. The molecule has 1 fully saturated rings. The summed E-state index contributed by atoms with van der Waals surface area (Å²) >= 11 is 0. The van der Waals surface area contributed by atoms with Gasteiger partial charge in [0.1, 0.15) is 11.6 Å². The molecule has 1 unspecified atom stereocenters. The van der Waals surface area contributed by atoms with Crippen molar-refractivity contribution in [2.75, 3.05) is 24.6 Å². The van der Waals surface area contributed by atoms with Crippen molar-refractivity contribution in [1.29, 1.82) is 0 Å². The molecule has 1 saturated heterocycles. The number of pyridine rings is 2. The van der Waals surface area contributed by atoms with Crippen molar-refractivity contribution in [3.8, 4) is 5.75 Å². The van der Waals surface area contributed by atoms with E-state index in [1.807, 2.05) is 4.90 Å². The number of carbonyl (C=O) groups is 1. The largest absolute Gasteiger partial charge is 0.484 e. The van der Waals surface area contributed by atoms with Crippen LogP contribution in [0.3, 0.4) is 0 Å². The highest BCUT2D eigenvalue weighted by atomic mass is 19.4. The van der Waals surface area contributed by atoms with Gasteiger partial charge in [0, 0.05) is 49.4 Å². The van der Waals surface area contributed by atoms with Crippen LogP contribution in [0.25, 0.3) is 0 Å². The molecule has 2 aromatic rings. The lowest BCUT2D eigenvalue weighted by Gasteiger charge is -2.19. The molecule has 1 aliphatic heterocycles. The second kappa shape index (κ2) is 7.59. The standard InChI is InChI=1S/C17H17F3N4O2/c18-17(19,20)11-26-14-3-7-22-15(9-14)24-8-4-13(10-24)23-16(25)12-1-5-21-6-2-12/h1-3,5-7,9,13H,4,8,10-11H2,(H,23,25). The van der Waals surface area contributed by atoms with E-state index in [9.17, 15) is 18.0 Å². The predicted molar refractivity (Wildman–Crippen MR) is 88.1 cm³/mol. The minimum Gasteiger partial charge on any atom is -0.484 e. The van der Waals surface area contributed by atoms with Crippen LogP contribution in [0.4, 0.5) is 19.0 Å². The van der Waals surface area contributed by atoms with Crippen LogP contribution in [-0.4, -0.2) is 47.8 Å². The van der Waals surface area contributed by atoms with E-state index in [0.717, 1.165) is 0 Å². The van der Waals surface area contributed by atoms with Crippen molar-refractivity contribution in [1.82, 2.24) is 15.3 Å². The number of hydrogen-bond acceptors (Lipinski definition) is 5. The average Bonchev–Trinajstić information content (AvgIpc) is 3.09. The zero-order valence-corrected chi connectivity index (χ0v) is 13.7. The topological polar surface area (TPSA) is 67.4 Å². The van der Waals surface area contributed by atoms with Gasteiger partial charge in [-0.25, -0.2) is 4.98 Å². The first kappa shape index (κ1) is 18.0. The Labute approximate surface area is 148 Å². The molecule has 0 bridgehead atoms. The number of nitrogens with one attached hydrogen (secondary N) is 1. The van der Waals surface area contributed by atoms with Crippen LogP contribution in [0.5, 0.6) is 5.75 Å². The van der Waals surface area contributed by atoms with Crippen LogP contribution in [0.15, 0.2) is 42.9 Å². The second-order valence-electron chi connectivity index (χ2n) is 5.89. The molecule has 26 heavy (non-hydrogen) atoms. The lowest BCUT2D eigenvalue weighted by atomic mass is 10.2. The third-order valence-electron chi connectivity index (χ3n) is 3.91. The van der Waals surface area contributed by atoms with Gasteiger partial charge in [-0.3, -0.25) is 9.78 Å². The fraction of sp³-hybridized carbons (Fsp3) is 0.353. The van der Waals surface area contributed by atoms with Crippen molar-refractivity contribution in [2.45, 2.75) is 18.6 Å². The molecule has 2 aromatic heterocycles. The molecule has 138 valence electrons. The Morgan fingerprint density at radius 2 is 2.04 bits per heavy atom. The number of hydrogen-bond donors (Lipinski definition) is 1. The Bertz CT molecular complexity index is 755. The predicted octanol–water partition coefficient (Wildman–Crippen LogP) is 2.43. The maximum absolute atomic E-state index is 12.3. The molecule has 1 aliphatic rings. The van der Waals surface area contributed by atoms with Crippen LogP contribution >= 0.6 is 0 Å². The highest BCUT2D eigenvalue weighted by Gasteiger charge is 2.29. The molecule has 3 heterocycles. The number of alkyl halides is 3. The molecule has 0 radical (unpaired) electrons. The van der Waals surface area contributed by atoms with E-state index in [1.165, 1.54) is 18.3 Å². The summed E-state index contributed by atoms with van der Waals surface area (Å²) in [6.07, 6.45) is 0.827. The molecule has 0 aliphatic carbocycles. The smallest absolute Gasteiger partial charge is 0.422 e. The number of ether oxygens (including phenoxy) is 1. The zero-order chi connectivity index (χ0) is 18.6. The molecule has 1 amide bonds. The monoisotopic (exact) mass is 366 g/mol. The fourth-order valence-corrected chi connectivity index (χ4v) is 2.69. The van der Waals surface area contributed by atoms with E-state index in [4.69, 9.17) is 4.74 Å². The second-order valence-corrected chi connectivity index (χ2v) is 5.89. The SMILES string of the molecule is O=C(NC1CCN(c2cc(OCC(F)(F)F)ccn2)C1)c1ccncc1. The van der Waals surface area contributed by atoms with Gasteiger partial charge in [0.2, 0.25) is 0 Å². The number of rotatable bonds is 5. The van der Waals surface area contributed by atoms with E-state index in [0.29, 0.717) is 30.9 Å². The first-order valence-corrected chi connectivity index (χ1v) is 8.02. The van der Waals surface area contributed by atoms with Gasteiger partial charge in [-0.05, 0) is 24.6 Å². The summed E-state index contributed by atoms with van der Waals surface area (Å²) in [6, 6.07) is 6.04. The van der Waals surface area contributed by atoms with E-state index >= 15 is 0 Å². The van der Waals surface area contributed by atoms with Gasteiger partial charge >= 0.3 is 6.18 Å². The van der Waals surface area contributed by atoms with Crippen LogP contribution in [-0.2, 0) is 0 Å². The van der Waals surface area contributed by atoms with Crippen LogP contribution in [0.2, 0.25) is 0 Å². The Kier molecular flexibility index (Phi) is 5.24. The van der Waals surface area contributed by atoms with Gasteiger partial charge < -0.3 is 15.0 Å². The third-order valence-corrected chi connectivity index (χ3v) is 3.91. The number of carbonyl (C=O) groups excluding carboxylic acids is 1. The Morgan fingerprint density at radius 1 is 1.27 bits per heavy atom. The molecule has 1 N–H and O–H groups in total. The molecule has 1 atom stereocenters. The Morgan fingerprint density at radius 3 is 2.77 bits per heavy atom. The number of halogens is 3. The summed E-state index contributed by atoms with van der Waals surface area (Å²) in [7, 11) is 0. The average molecular weight is 366 g/mol. The van der Waals surface area contributed by atoms with E-state index in [-0.39, 0.29) is 17.7 Å². The maximum atomic E-state index is 12.3. The van der Waals surface area contributed by atoms with Crippen molar-refractivity contribution in [2.24, 2.45) is 0 Å². The van der Waals surface area contributed by atoms with Crippen LogP contribution in [0, 0.1) is 0 Å². The molecular formula is C17H17F3N4O2. The highest BCUT2D eigenvalue weighted by Crippen LogP contribution is 2.24. The Balaban J connectivity index is 1.57. The number of aromatic nitrogens is 2. The van der Waals surface area contributed by atoms with Gasteiger partial charge in [0.05, 0.1) is 0 Å². The van der Waals surface area contributed by atoms with Crippen molar-refractivity contribution >= 4 is 11.7 Å². The normalized spacial score (nSPS) is 17.2. The van der Waals surface area contributed by atoms with E-state index in [1.54, 1.807) is 24.5 Å². The summed E-state index contributed by atoms with van der Waals surface area (Å²) in [4.78, 5) is 22.1. The first-order valence-electron chi connectivity index (χ1n) is 8.02. The molecule has 6 nitrogen and oxygen atoms in total. The van der Waals surface area contributed by atoms with Crippen molar-refractivity contribution in [3.05, 3.63) is 48.4 Å². The maximum Gasteiger partial charge on any atom is 0.422 e. The number of anilines is 1. The molecule has 0 aromatic carbocycles. The third kappa shape index (κ3) is 4.84. The van der Waals surface area contributed by atoms with Gasteiger partial charge in [-0.1, -0.05) is 0 Å². The molecular weight excluding hydrogens is 349 g/mol. The number of nitrogens with zero attached hydrogens (tertiary/aromatic N) is 3. The highest BCUT2D eigenvalue weighted by molar-refractivity contribution is 5.94. The minimum atomic E-state index is -4.39. The van der Waals surface area contributed by atoms with Gasteiger partial charge in [-0.15, -0.1) is 0 Å². The van der Waals surface area contributed by atoms with E-state index in [2.05, 4.69) is 15.3 Å². The lowest BCUT2D eigenvalue weighted by Crippen LogP contribution is -2.37. The van der Waals surface area contributed by atoms with E-state index < -0.39 is 12.8 Å². The summed E-state index contributed by atoms with van der Waals surface area (Å²) in [5.41, 5.74) is 0.527.